The topological polar surface area (TPSA) is 54.0 Å². The molecule has 2 fully saturated rings. The van der Waals surface area contributed by atoms with Gasteiger partial charge in [-0.1, -0.05) is 17.7 Å². The minimum atomic E-state index is 0.0100. The van der Waals surface area contributed by atoms with Crippen molar-refractivity contribution in [1.29, 1.82) is 0 Å². The number of benzene rings is 1. The van der Waals surface area contributed by atoms with Crippen LogP contribution in [0.4, 0.5) is 10.5 Å². The first-order valence-electron chi connectivity index (χ1n) is 10.2. The number of morpholine rings is 1. The summed E-state index contributed by atoms with van der Waals surface area (Å²) in [4.78, 5) is 17.5. The number of carbonyl (C=O) groups excluding carboxylic acids is 1. The number of anilines is 1. The molecule has 0 radical (unpaired) electrons. The van der Waals surface area contributed by atoms with Crippen LogP contribution in [-0.4, -0.2) is 74.5 Å². The van der Waals surface area contributed by atoms with Gasteiger partial charge in [-0.15, -0.1) is 0 Å². The molecule has 0 aliphatic carbocycles. The minimum Gasteiger partial charge on any atom is -0.381 e. The summed E-state index contributed by atoms with van der Waals surface area (Å²) in [5.41, 5.74) is 3.21. The van der Waals surface area contributed by atoms with E-state index < -0.39 is 0 Å². The van der Waals surface area contributed by atoms with Crippen LogP contribution in [0, 0.1) is 13.8 Å². The number of ether oxygens (including phenoxy) is 2. The van der Waals surface area contributed by atoms with Gasteiger partial charge in [-0.25, -0.2) is 4.79 Å². The maximum Gasteiger partial charge on any atom is 0.322 e. The lowest BCUT2D eigenvalue weighted by molar-refractivity contribution is 0.0316. The molecule has 0 atom stereocenters. The van der Waals surface area contributed by atoms with Crippen LogP contribution >= 0.6 is 0 Å². The van der Waals surface area contributed by atoms with Gasteiger partial charge in [0, 0.05) is 51.1 Å². The van der Waals surface area contributed by atoms with E-state index in [1.807, 2.05) is 24.0 Å². The van der Waals surface area contributed by atoms with E-state index in [9.17, 15) is 4.79 Å². The van der Waals surface area contributed by atoms with Gasteiger partial charge in [0.25, 0.3) is 0 Å². The number of nitrogens with zero attached hydrogens (tertiary/aromatic N) is 2. The van der Waals surface area contributed by atoms with Crippen molar-refractivity contribution in [2.75, 3.05) is 57.9 Å². The molecule has 0 aromatic heterocycles. The number of nitrogens with one attached hydrogen (secondary N) is 1. The lowest BCUT2D eigenvalue weighted by Crippen LogP contribution is -2.47. The third kappa shape index (κ3) is 5.92. The fraction of sp³-hybridized carbons (Fsp3) is 0.667. The Bertz CT molecular complexity index is 611. The average Bonchev–Trinajstić information content (AvgIpc) is 2.69. The number of aryl methyl sites for hydroxylation is 2. The van der Waals surface area contributed by atoms with Crippen LogP contribution in [0.3, 0.4) is 0 Å². The highest BCUT2D eigenvalue weighted by atomic mass is 16.5. The predicted octanol–water partition coefficient (Wildman–Crippen LogP) is 3.04. The quantitative estimate of drug-likeness (QED) is 0.830. The summed E-state index contributed by atoms with van der Waals surface area (Å²) >= 11 is 0. The van der Waals surface area contributed by atoms with Crippen LogP contribution in [0.2, 0.25) is 0 Å². The molecule has 27 heavy (non-hydrogen) atoms. The highest BCUT2D eigenvalue weighted by Crippen LogP contribution is 2.20. The molecule has 0 saturated carbocycles. The number of rotatable bonds is 6. The van der Waals surface area contributed by atoms with Crippen LogP contribution in [0.5, 0.6) is 0 Å². The first kappa shape index (κ1) is 20.1. The van der Waals surface area contributed by atoms with Crippen molar-refractivity contribution < 1.29 is 14.3 Å². The highest BCUT2D eigenvalue weighted by Gasteiger charge is 2.26. The van der Waals surface area contributed by atoms with Gasteiger partial charge >= 0.3 is 6.03 Å². The van der Waals surface area contributed by atoms with Gasteiger partial charge < -0.3 is 19.7 Å². The summed E-state index contributed by atoms with van der Waals surface area (Å²) in [6, 6.07) is 6.41. The molecule has 0 spiro atoms. The van der Waals surface area contributed by atoms with Gasteiger partial charge in [0.15, 0.2) is 0 Å². The molecule has 2 aliphatic rings. The molecule has 2 saturated heterocycles. The van der Waals surface area contributed by atoms with Crippen molar-refractivity contribution in [2.24, 2.45) is 0 Å². The Kier molecular flexibility index (Phi) is 7.50. The maximum atomic E-state index is 13.1. The smallest absolute Gasteiger partial charge is 0.322 e. The molecule has 1 aromatic rings. The van der Waals surface area contributed by atoms with E-state index in [0.29, 0.717) is 0 Å². The molecule has 3 rings (SSSR count). The summed E-state index contributed by atoms with van der Waals surface area (Å²) in [5.74, 6) is 0. The Morgan fingerprint density at radius 1 is 1.15 bits per heavy atom. The summed E-state index contributed by atoms with van der Waals surface area (Å²) < 4.78 is 10.9. The second-order valence-corrected chi connectivity index (χ2v) is 7.59. The van der Waals surface area contributed by atoms with Crippen molar-refractivity contribution in [1.82, 2.24) is 9.80 Å². The molecule has 6 heteroatoms. The molecular formula is C21H33N3O3. The molecule has 1 aromatic carbocycles. The lowest BCUT2D eigenvalue weighted by Gasteiger charge is -2.35. The van der Waals surface area contributed by atoms with E-state index in [0.717, 1.165) is 83.1 Å². The zero-order valence-electron chi connectivity index (χ0n) is 16.7. The first-order valence-corrected chi connectivity index (χ1v) is 10.2. The zero-order valence-corrected chi connectivity index (χ0v) is 16.7. The number of hydrogen-bond donors (Lipinski definition) is 1. The fourth-order valence-corrected chi connectivity index (χ4v) is 3.88. The highest BCUT2D eigenvalue weighted by molar-refractivity contribution is 5.90. The zero-order chi connectivity index (χ0) is 19.1. The molecule has 2 heterocycles. The maximum absolute atomic E-state index is 13.1. The Morgan fingerprint density at radius 3 is 2.56 bits per heavy atom. The van der Waals surface area contributed by atoms with Gasteiger partial charge in [0.05, 0.1) is 13.2 Å². The van der Waals surface area contributed by atoms with Crippen LogP contribution in [0.15, 0.2) is 18.2 Å². The van der Waals surface area contributed by atoms with Crippen molar-refractivity contribution >= 4 is 11.7 Å². The normalized spacial score (nSPS) is 19.0. The van der Waals surface area contributed by atoms with E-state index in [1.54, 1.807) is 0 Å². The van der Waals surface area contributed by atoms with E-state index in [4.69, 9.17) is 9.47 Å². The minimum absolute atomic E-state index is 0.0100. The number of hydrogen-bond acceptors (Lipinski definition) is 4. The van der Waals surface area contributed by atoms with Gasteiger partial charge in [-0.05, 0) is 44.7 Å². The Morgan fingerprint density at radius 2 is 1.85 bits per heavy atom. The van der Waals surface area contributed by atoms with Crippen molar-refractivity contribution in [3.05, 3.63) is 29.3 Å². The first-order chi connectivity index (χ1) is 13.1. The Balaban J connectivity index is 1.60. The number of amides is 2. The van der Waals surface area contributed by atoms with Crippen LogP contribution in [0.1, 0.15) is 30.4 Å². The average molecular weight is 376 g/mol. The molecule has 150 valence electrons. The largest absolute Gasteiger partial charge is 0.381 e. The molecule has 0 bridgehead atoms. The van der Waals surface area contributed by atoms with Crippen LogP contribution < -0.4 is 5.32 Å². The monoisotopic (exact) mass is 375 g/mol. The molecular weight excluding hydrogens is 342 g/mol. The SMILES string of the molecule is Cc1ccc(NC(=O)N(CCCN2CCOCC2)C2CCOCC2)c(C)c1. The van der Waals surface area contributed by atoms with Gasteiger partial charge in [0.2, 0.25) is 0 Å². The second kappa shape index (κ2) is 10.1. The Labute approximate surface area is 162 Å². The Hall–Kier alpha value is -1.63. The van der Waals surface area contributed by atoms with E-state index in [2.05, 4.69) is 23.2 Å². The van der Waals surface area contributed by atoms with Gasteiger partial charge in [0.1, 0.15) is 0 Å². The van der Waals surface area contributed by atoms with Crippen molar-refractivity contribution in [3.8, 4) is 0 Å². The lowest BCUT2D eigenvalue weighted by atomic mass is 10.1. The van der Waals surface area contributed by atoms with E-state index in [1.165, 1.54) is 5.56 Å². The summed E-state index contributed by atoms with van der Waals surface area (Å²) in [6.45, 7) is 11.0. The second-order valence-electron chi connectivity index (χ2n) is 7.59. The predicted molar refractivity (Wildman–Crippen MR) is 107 cm³/mol. The van der Waals surface area contributed by atoms with E-state index in [-0.39, 0.29) is 12.1 Å². The third-order valence-electron chi connectivity index (χ3n) is 5.49. The standard InChI is InChI=1S/C21H33N3O3/c1-17-4-5-20(18(2)16-17)22-21(25)24(19-6-12-26-13-7-19)9-3-8-23-10-14-27-15-11-23/h4-5,16,19H,3,6-15H2,1-2H3,(H,22,25). The number of carbonyl (C=O) groups is 1. The van der Waals surface area contributed by atoms with Gasteiger partial charge in [-0.3, -0.25) is 4.90 Å². The number of urea groups is 1. The molecule has 6 nitrogen and oxygen atoms in total. The van der Waals surface area contributed by atoms with Gasteiger partial charge in [-0.2, -0.15) is 0 Å². The van der Waals surface area contributed by atoms with Crippen LogP contribution in [-0.2, 0) is 9.47 Å². The van der Waals surface area contributed by atoms with Crippen molar-refractivity contribution in [3.63, 3.8) is 0 Å². The fourth-order valence-electron chi connectivity index (χ4n) is 3.88. The van der Waals surface area contributed by atoms with E-state index >= 15 is 0 Å². The van der Waals surface area contributed by atoms with Crippen molar-refractivity contribution in [2.45, 2.75) is 39.2 Å². The third-order valence-corrected chi connectivity index (χ3v) is 5.49. The molecule has 2 aliphatic heterocycles. The summed E-state index contributed by atoms with van der Waals surface area (Å²) in [5, 5.41) is 3.14. The molecule has 0 unspecified atom stereocenters. The molecule has 2 amide bonds. The molecule has 1 N–H and O–H groups in total. The summed E-state index contributed by atoms with van der Waals surface area (Å²) in [6.07, 6.45) is 2.81. The van der Waals surface area contributed by atoms with Crippen LogP contribution in [0.25, 0.3) is 0 Å². The summed E-state index contributed by atoms with van der Waals surface area (Å²) in [7, 11) is 0.